The number of hydrogen-bond donors (Lipinski definition) is 0. The van der Waals surface area contributed by atoms with Gasteiger partial charge in [0.1, 0.15) is 0 Å². The fourth-order valence-corrected chi connectivity index (χ4v) is 1.65. The van der Waals surface area contributed by atoms with E-state index in [2.05, 4.69) is 36.3 Å². The summed E-state index contributed by atoms with van der Waals surface area (Å²) in [6, 6.07) is 0. The molecule has 58 valence electrons. The zero-order chi connectivity index (χ0) is 7.68. The predicted molar refractivity (Wildman–Crippen MR) is 47.2 cm³/mol. The zero-order valence-corrected chi connectivity index (χ0v) is 6.88. The Bertz CT molecular complexity index is 246. The molecule has 0 amide bonds. The van der Waals surface area contributed by atoms with E-state index in [1.807, 2.05) is 0 Å². The first-order valence-electron chi connectivity index (χ1n) is 4.15. The lowest BCUT2D eigenvalue weighted by molar-refractivity contribution is 0.471. The molecule has 2 rings (SSSR count). The largest absolute Gasteiger partial charge is 0.374 e. The van der Waals surface area contributed by atoms with Gasteiger partial charge in [-0.15, -0.1) is 0 Å². The number of rotatable bonds is 0. The van der Waals surface area contributed by atoms with Crippen molar-refractivity contribution in [3.05, 3.63) is 35.6 Å². The van der Waals surface area contributed by atoms with E-state index < -0.39 is 0 Å². The number of hydrogen-bond acceptors (Lipinski definition) is 1. The lowest BCUT2D eigenvalue weighted by Crippen LogP contribution is -2.11. The first-order valence-corrected chi connectivity index (χ1v) is 4.15. The van der Waals surface area contributed by atoms with E-state index in [1.54, 1.807) is 0 Å². The first-order chi connectivity index (χ1) is 5.38. The van der Waals surface area contributed by atoms with Crippen molar-refractivity contribution < 1.29 is 0 Å². The molecule has 1 aliphatic heterocycles. The standard InChI is InChI=1S/C10H13N/c1-11-8-7-9-5-3-2-4-6-10(9)11/h3-6H,2,7-8H2,1H3. The van der Waals surface area contributed by atoms with Crippen LogP contribution in [0.2, 0.25) is 0 Å². The topological polar surface area (TPSA) is 3.24 Å². The molecule has 1 aliphatic carbocycles. The van der Waals surface area contributed by atoms with Crippen LogP contribution < -0.4 is 0 Å². The molecule has 1 heterocycles. The normalized spacial score (nSPS) is 22.5. The van der Waals surface area contributed by atoms with Gasteiger partial charge in [-0.25, -0.2) is 0 Å². The van der Waals surface area contributed by atoms with Gasteiger partial charge in [0.2, 0.25) is 0 Å². The van der Waals surface area contributed by atoms with Gasteiger partial charge < -0.3 is 4.90 Å². The second-order valence-electron chi connectivity index (χ2n) is 3.12. The maximum absolute atomic E-state index is 2.32. The molecule has 0 fully saturated rings. The van der Waals surface area contributed by atoms with Crippen molar-refractivity contribution in [3.8, 4) is 0 Å². The third-order valence-electron chi connectivity index (χ3n) is 2.32. The highest BCUT2D eigenvalue weighted by molar-refractivity contribution is 5.38. The average Bonchev–Trinajstić information content (AvgIpc) is 2.25. The Labute approximate surface area is 67.7 Å². The summed E-state index contributed by atoms with van der Waals surface area (Å²) in [6.07, 6.45) is 11.3. The van der Waals surface area contributed by atoms with E-state index >= 15 is 0 Å². The molecule has 2 aliphatic rings. The third kappa shape index (κ3) is 1.11. The van der Waals surface area contributed by atoms with Crippen LogP contribution in [0.5, 0.6) is 0 Å². The van der Waals surface area contributed by atoms with Crippen molar-refractivity contribution in [1.82, 2.24) is 4.90 Å². The van der Waals surface area contributed by atoms with Gasteiger partial charge >= 0.3 is 0 Å². The van der Waals surface area contributed by atoms with Crippen LogP contribution in [0.15, 0.2) is 35.6 Å². The van der Waals surface area contributed by atoms with E-state index in [0.717, 1.165) is 6.42 Å². The first kappa shape index (κ1) is 6.71. The molecule has 0 unspecified atom stereocenters. The van der Waals surface area contributed by atoms with E-state index in [0.29, 0.717) is 0 Å². The summed E-state index contributed by atoms with van der Waals surface area (Å²) in [5.74, 6) is 0. The van der Waals surface area contributed by atoms with Gasteiger partial charge in [-0.1, -0.05) is 18.2 Å². The average molecular weight is 147 g/mol. The SMILES string of the molecule is CN1CCC2=C1C=CCC=C2. The third-order valence-corrected chi connectivity index (χ3v) is 2.32. The molecule has 1 nitrogen and oxygen atoms in total. The van der Waals surface area contributed by atoms with Gasteiger partial charge in [-0.05, 0) is 24.5 Å². The highest BCUT2D eigenvalue weighted by atomic mass is 15.1. The van der Waals surface area contributed by atoms with Gasteiger partial charge in [0.15, 0.2) is 0 Å². The Morgan fingerprint density at radius 2 is 2.09 bits per heavy atom. The summed E-state index contributed by atoms with van der Waals surface area (Å²) >= 11 is 0. The maximum atomic E-state index is 2.32. The molecular formula is C10H13N. The summed E-state index contributed by atoms with van der Waals surface area (Å²) in [7, 11) is 2.16. The van der Waals surface area contributed by atoms with Crippen molar-refractivity contribution in [3.63, 3.8) is 0 Å². The fourth-order valence-electron chi connectivity index (χ4n) is 1.65. The predicted octanol–water partition coefficient (Wildman–Crippen LogP) is 2.09. The molecule has 11 heavy (non-hydrogen) atoms. The summed E-state index contributed by atoms with van der Waals surface area (Å²) in [5.41, 5.74) is 2.92. The van der Waals surface area contributed by atoms with Crippen LogP contribution in [0.3, 0.4) is 0 Å². The Balaban J connectivity index is 2.36. The summed E-state index contributed by atoms with van der Waals surface area (Å²) in [4.78, 5) is 2.32. The van der Waals surface area contributed by atoms with E-state index in [1.165, 1.54) is 24.2 Å². The molecular weight excluding hydrogens is 134 g/mol. The Morgan fingerprint density at radius 3 is 3.00 bits per heavy atom. The minimum Gasteiger partial charge on any atom is -0.374 e. The van der Waals surface area contributed by atoms with Crippen molar-refractivity contribution in [1.29, 1.82) is 0 Å². The van der Waals surface area contributed by atoms with Gasteiger partial charge in [0.05, 0.1) is 0 Å². The molecule has 0 atom stereocenters. The second kappa shape index (κ2) is 2.57. The minimum absolute atomic E-state index is 1.08. The van der Waals surface area contributed by atoms with Crippen molar-refractivity contribution in [2.24, 2.45) is 0 Å². The van der Waals surface area contributed by atoms with Crippen LogP contribution in [0.25, 0.3) is 0 Å². The molecule has 0 aromatic heterocycles. The molecule has 0 spiro atoms. The van der Waals surface area contributed by atoms with Gasteiger partial charge in [0, 0.05) is 19.3 Å². The van der Waals surface area contributed by atoms with E-state index in [9.17, 15) is 0 Å². The molecule has 0 radical (unpaired) electrons. The van der Waals surface area contributed by atoms with Crippen LogP contribution in [-0.2, 0) is 0 Å². The molecule has 0 saturated carbocycles. The molecule has 0 saturated heterocycles. The summed E-state index contributed by atoms with van der Waals surface area (Å²) in [6.45, 7) is 1.18. The monoisotopic (exact) mass is 147 g/mol. The van der Waals surface area contributed by atoms with Crippen LogP contribution in [0, 0.1) is 0 Å². The summed E-state index contributed by atoms with van der Waals surface area (Å²) < 4.78 is 0. The quantitative estimate of drug-likeness (QED) is 0.507. The van der Waals surface area contributed by atoms with Crippen molar-refractivity contribution >= 4 is 0 Å². The Kier molecular flexibility index (Phi) is 1.57. The number of likely N-dealkylation sites (N-methyl/N-ethyl adjacent to an activating group) is 1. The highest BCUT2D eigenvalue weighted by Gasteiger charge is 2.15. The van der Waals surface area contributed by atoms with Crippen LogP contribution in [0.1, 0.15) is 12.8 Å². The van der Waals surface area contributed by atoms with Crippen LogP contribution in [0.4, 0.5) is 0 Å². The van der Waals surface area contributed by atoms with Crippen LogP contribution in [-0.4, -0.2) is 18.5 Å². The fraction of sp³-hybridized carbons (Fsp3) is 0.400. The molecule has 0 N–H and O–H groups in total. The zero-order valence-electron chi connectivity index (χ0n) is 6.88. The van der Waals surface area contributed by atoms with Gasteiger partial charge in [-0.3, -0.25) is 0 Å². The number of allylic oxidation sites excluding steroid dienone is 4. The Hall–Kier alpha value is -0.980. The van der Waals surface area contributed by atoms with Gasteiger partial charge in [0.25, 0.3) is 0 Å². The van der Waals surface area contributed by atoms with E-state index in [4.69, 9.17) is 0 Å². The van der Waals surface area contributed by atoms with E-state index in [-0.39, 0.29) is 0 Å². The second-order valence-corrected chi connectivity index (χ2v) is 3.12. The summed E-state index contributed by atoms with van der Waals surface area (Å²) in [5, 5.41) is 0. The number of nitrogens with zero attached hydrogens (tertiary/aromatic N) is 1. The lowest BCUT2D eigenvalue weighted by Gasteiger charge is -2.11. The van der Waals surface area contributed by atoms with Gasteiger partial charge in [-0.2, -0.15) is 0 Å². The Morgan fingerprint density at radius 1 is 1.27 bits per heavy atom. The molecule has 1 heteroatoms. The lowest BCUT2D eigenvalue weighted by atomic mass is 10.2. The smallest absolute Gasteiger partial charge is 0.0393 e. The van der Waals surface area contributed by atoms with Crippen molar-refractivity contribution in [2.45, 2.75) is 12.8 Å². The molecule has 0 bridgehead atoms. The van der Waals surface area contributed by atoms with Crippen LogP contribution >= 0.6 is 0 Å². The minimum atomic E-state index is 1.08. The molecule has 0 aromatic carbocycles. The molecule has 0 aromatic rings. The highest BCUT2D eigenvalue weighted by Crippen LogP contribution is 2.25. The maximum Gasteiger partial charge on any atom is 0.0393 e. The van der Waals surface area contributed by atoms with Crippen molar-refractivity contribution in [2.75, 3.05) is 13.6 Å².